The lowest BCUT2D eigenvalue weighted by molar-refractivity contribution is -0.146. The van der Waals surface area contributed by atoms with Crippen molar-refractivity contribution in [3.8, 4) is 6.07 Å². The molecule has 0 unspecified atom stereocenters. The third-order valence-corrected chi connectivity index (χ3v) is 9.60. The van der Waals surface area contributed by atoms with Crippen LogP contribution in [0.25, 0.3) is 6.08 Å². The minimum atomic E-state index is -1.81. The number of allylic oxidation sites excluding steroid dienone is 2. The fourth-order valence-electron chi connectivity index (χ4n) is 5.50. The van der Waals surface area contributed by atoms with E-state index < -0.39 is 46.7 Å². The van der Waals surface area contributed by atoms with Gasteiger partial charge < -0.3 is 23.7 Å². The number of nitriles is 1. The maximum Gasteiger partial charge on any atom is 0.508 e. The van der Waals surface area contributed by atoms with Crippen molar-refractivity contribution in [2.75, 3.05) is 19.8 Å². The standard InChI is InChI=1S/C39H35F3N4O7S/c1-3-16-49-38(48)52-20-29-9-4-6-10-32(29)37(47)53-39(23-46-25-44-24-45-46,33-15-14-30(40)18-35(33)42)26(2)54-31-21-50-36(51-22-31)11-7-5-8-28-13-12-27(19-43)17-34(28)41/h3-15,17-18,24-26,31,36H,1,16,20-23H2,2H3/t26-,31?,36?,39-/m1/s1. The first kappa shape index (κ1) is 39.5. The van der Waals surface area contributed by atoms with E-state index in [9.17, 15) is 18.4 Å². The predicted molar refractivity (Wildman–Crippen MR) is 192 cm³/mol. The smallest absolute Gasteiger partial charge is 0.447 e. The Morgan fingerprint density at radius 1 is 1.09 bits per heavy atom. The van der Waals surface area contributed by atoms with Crippen molar-refractivity contribution in [1.82, 2.24) is 14.8 Å². The van der Waals surface area contributed by atoms with Gasteiger partial charge in [-0.3, -0.25) is 0 Å². The van der Waals surface area contributed by atoms with E-state index >= 15 is 4.39 Å². The summed E-state index contributed by atoms with van der Waals surface area (Å²) in [7, 11) is 0. The molecule has 1 aliphatic rings. The van der Waals surface area contributed by atoms with E-state index in [0.717, 1.165) is 12.1 Å². The molecule has 2 atom stereocenters. The molecule has 1 saturated heterocycles. The van der Waals surface area contributed by atoms with Gasteiger partial charge in [0, 0.05) is 28.0 Å². The quantitative estimate of drug-likeness (QED) is 0.0687. The van der Waals surface area contributed by atoms with Crippen LogP contribution >= 0.6 is 11.8 Å². The van der Waals surface area contributed by atoms with Crippen molar-refractivity contribution in [1.29, 1.82) is 5.26 Å². The van der Waals surface area contributed by atoms with Crippen molar-refractivity contribution >= 4 is 30.0 Å². The summed E-state index contributed by atoms with van der Waals surface area (Å²) in [5.74, 6) is -3.18. The number of carbonyl (C=O) groups excluding carboxylic acids is 2. The number of rotatable bonds is 15. The molecule has 15 heteroatoms. The molecule has 4 aromatic rings. The molecule has 11 nitrogen and oxygen atoms in total. The van der Waals surface area contributed by atoms with Gasteiger partial charge in [-0.05, 0) is 43.3 Å². The Balaban J connectivity index is 1.36. The molecular formula is C39H35F3N4O7S. The molecule has 0 aliphatic carbocycles. The van der Waals surface area contributed by atoms with Crippen molar-refractivity contribution < 1.29 is 46.4 Å². The summed E-state index contributed by atoms with van der Waals surface area (Å²) in [6.45, 7) is 4.99. The molecule has 54 heavy (non-hydrogen) atoms. The van der Waals surface area contributed by atoms with Gasteiger partial charge in [0.05, 0.1) is 42.2 Å². The fraction of sp³-hybridized carbons (Fsp3) is 0.256. The predicted octanol–water partition coefficient (Wildman–Crippen LogP) is 7.29. The Morgan fingerprint density at radius 3 is 2.59 bits per heavy atom. The number of hydrogen-bond donors (Lipinski definition) is 0. The largest absolute Gasteiger partial charge is 0.508 e. The Hall–Kier alpha value is -5.69. The second kappa shape index (κ2) is 18.9. The van der Waals surface area contributed by atoms with Crippen LogP contribution in [0.3, 0.4) is 0 Å². The van der Waals surface area contributed by atoms with E-state index in [0.29, 0.717) is 11.6 Å². The number of nitrogens with zero attached hydrogens (tertiary/aromatic N) is 4. The summed E-state index contributed by atoms with van der Waals surface area (Å²) < 4.78 is 73.9. The van der Waals surface area contributed by atoms with Gasteiger partial charge in [0.15, 0.2) is 11.9 Å². The lowest BCUT2D eigenvalue weighted by atomic mass is 9.89. The van der Waals surface area contributed by atoms with Crippen LogP contribution in [0.5, 0.6) is 0 Å². The second-order valence-electron chi connectivity index (χ2n) is 11.8. The first-order chi connectivity index (χ1) is 26.1. The number of aromatic nitrogens is 3. The van der Waals surface area contributed by atoms with Gasteiger partial charge in [-0.1, -0.05) is 55.1 Å². The Labute approximate surface area is 313 Å². The summed E-state index contributed by atoms with van der Waals surface area (Å²) in [4.78, 5) is 30.1. The van der Waals surface area contributed by atoms with E-state index in [-0.39, 0.29) is 60.5 Å². The normalized spacial score (nSPS) is 17.4. The molecule has 1 fully saturated rings. The number of carbonyl (C=O) groups is 2. The number of esters is 1. The van der Waals surface area contributed by atoms with Crippen molar-refractivity contribution in [3.05, 3.63) is 149 Å². The molecule has 5 rings (SSSR count). The molecule has 0 radical (unpaired) electrons. The van der Waals surface area contributed by atoms with Crippen molar-refractivity contribution in [2.45, 2.75) is 42.5 Å². The fourth-order valence-corrected chi connectivity index (χ4v) is 6.86. The van der Waals surface area contributed by atoms with Gasteiger partial charge in [0.1, 0.15) is 43.3 Å². The summed E-state index contributed by atoms with van der Waals surface area (Å²) in [5.41, 5.74) is -1.07. The molecule has 1 aromatic heterocycles. The zero-order chi connectivity index (χ0) is 38.5. The molecule has 0 N–H and O–H groups in total. The van der Waals surface area contributed by atoms with Crippen molar-refractivity contribution in [2.24, 2.45) is 0 Å². The van der Waals surface area contributed by atoms with Crippen molar-refractivity contribution in [3.63, 3.8) is 0 Å². The Kier molecular flexibility index (Phi) is 13.8. The molecule has 0 bridgehead atoms. The molecule has 280 valence electrons. The zero-order valence-electron chi connectivity index (χ0n) is 29.0. The minimum absolute atomic E-state index is 0.0339. The van der Waals surface area contributed by atoms with E-state index in [4.69, 9.17) is 28.9 Å². The topological polar surface area (TPSA) is 135 Å². The van der Waals surface area contributed by atoms with Crippen LogP contribution < -0.4 is 0 Å². The lowest BCUT2D eigenvalue weighted by Crippen LogP contribution is -2.47. The first-order valence-corrected chi connectivity index (χ1v) is 17.5. The Morgan fingerprint density at radius 2 is 1.89 bits per heavy atom. The summed E-state index contributed by atoms with van der Waals surface area (Å²) in [6.07, 6.45) is 8.79. The van der Waals surface area contributed by atoms with E-state index in [1.54, 1.807) is 49.4 Å². The van der Waals surface area contributed by atoms with Gasteiger partial charge in [-0.15, -0.1) is 11.8 Å². The number of hydrogen-bond acceptors (Lipinski definition) is 11. The number of halogens is 3. The van der Waals surface area contributed by atoms with Crippen LogP contribution in [-0.2, 0) is 42.4 Å². The molecule has 1 aliphatic heterocycles. The maximum absolute atomic E-state index is 15.9. The average molecular weight is 761 g/mol. The van der Waals surface area contributed by atoms with E-state index in [1.165, 1.54) is 59.4 Å². The van der Waals surface area contributed by atoms with Gasteiger partial charge >= 0.3 is 12.1 Å². The average Bonchev–Trinajstić information content (AvgIpc) is 3.68. The number of thioether (sulfide) groups is 1. The van der Waals surface area contributed by atoms with Crippen LogP contribution in [0.4, 0.5) is 18.0 Å². The van der Waals surface area contributed by atoms with E-state index in [1.807, 2.05) is 6.07 Å². The van der Waals surface area contributed by atoms with Crippen LogP contribution in [0, 0.1) is 28.8 Å². The van der Waals surface area contributed by atoms with Gasteiger partial charge in [-0.2, -0.15) is 10.4 Å². The summed E-state index contributed by atoms with van der Waals surface area (Å²) in [5, 5.41) is 12.1. The minimum Gasteiger partial charge on any atom is -0.447 e. The highest BCUT2D eigenvalue weighted by Crippen LogP contribution is 2.42. The lowest BCUT2D eigenvalue weighted by Gasteiger charge is -2.40. The van der Waals surface area contributed by atoms with Crippen LogP contribution in [-0.4, -0.2) is 63.5 Å². The summed E-state index contributed by atoms with van der Waals surface area (Å²) in [6, 6.07) is 15.3. The monoisotopic (exact) mass is 760 g/mol. The Bertz CT molecular complexity index is 2030. The molecule has 0 amide bonds. The van der Waals surface area contributed by atoms with Crippen LogP contribution in [0.1, 0.15) is 39.5 Å². The van der Waals surface area contributed by atoms with Gasteiger partial charge in [0.2, 0.25) is 0 Å². The SMILES string of the molecule is C=CCOC(=O)OCc1ccccc1C(=O)O[C@@](Cn1cncn1)(c1ccc(F)cc1F)[C@@H](C)SC1COC(C=CC=Cc2ccc(C#N)cc2F)OC1. The first-order valence-electron chi connectivity index (χ1n) is 16.5. The maximum atomic E-state index is 15.9. The highest BCUT2D eigenvalue weighted by molar-refractivity contribution is 8.00. The molecule has 3 aromatic carbocycles. The highest BCUT2D eigenvalue weighted by Gasteiger charge is 2.47. The molecule has 0 spiro atoms. The number of ether oxygens (including phenoxy) is 5. The molecule has 2 heterocycles. The highest BCUT2D eigenvalue weighted by atomic mass is 32.2. The molecule has 0 saturated carbocycles. The van der Waals surface area contributed by atoms with Gasteiger partial charge in [-0.25, -0.2) is 32.4 Å². The van der Waals surface area contributed by atoms with E-state index in [2.05, 4.69) is 16.7 Å². The third-order valence-electron chi connectivity index (χ3n) is 8.16. The molecular weight excluding hydrogens is 726 g/mol. The van der Waals surface area contributed by atoms with Gasteiger partial charge in [0.25, 0.3) is 0 Å². The zero-order valence-corrected chi connectivity index (χ0v) is 29.8. The number of benzene rings is 3. The third kappa shape index (κ3) is 10.2. The van der Waals surface area contributed by atoms with Crippen LogP contribution in [0.15, 0.2) is 104 Å². The summed E-state index contributed by atoms with van der Waals surface area (Å²) >= 11 is 1.31. The van der Waals surface area contributed by atoms with Crippen LogP contribution in [0.2, 0.25) is 0 Å². The second-order valence-corrected chi connectivity index (χ2v) is 13.5.